The van der Waals surface area contributed by atoms with E-state index in [9.17, 15) is 0 Å². The van der Waals surface area contributed by atoms with Crippen LogP contribution in [0.5, 0.6) is 0 Å². The Bertz CT molecular complexity index is 533. The Kier molecular flexibility index (Phi) is 4.12. The first kappa shape index (κ1) is 12.8. The fourth-order valence-corrected chi connectivity index (χ4v) is 1.70. The van der Waals surface area contributed by atoms with Gasteiger partial charge in [-0.1, -0.05) is 23.7 Å². The Hall–Kier alpha value is -1.65. The number of aromatic nitrogens is 2. The Balaban J connectivity index is 2.22. The number of methoxy groups -OCH3 is 1. The van der Waals surface area contributed by atoms with Crippen LogP contribution in [0.3, 0.4) is 0 Å². The maximum atomic E-state index is 5.99. The van der Waals surface area contributed by atoms with E-state index in [1.54, 1.807) is 13.3 Å². The molecule has 0 radical (unpaired) electrons. The molecule has 0 aliphatic carbocycles. The van der Waals surface area contributed by atoms with Gasteiger partial charge in [-0.25, -0.2) is 9.97 Å². The van der Waals surface area contributed by atoms with E-state index in [0.29, 0.717) is 10.8 Å². The van der Waals surface area contributed by atoms with Crippen molar-refractivity contribution in [3.8, 4) is 0 Å². The second-order valence-electron chi connectivity index (χ2n) is 3.85. The number of benzene rings is 1. The summed E-state index contributed by atoms with van der Waals surface area (Å²) in [5, 5.41) is 3.64. The average Bonchev–Trinajstić information content (AvgIpc) is 2.41. The molecule has 18 heavy (non-hydrogen) atoms. The van der Waals surface area contributed by atoms with Crippen LogP contribution >= 0.6 is 11.6 Å². The van der Waals surface area contributed by atoms with E-state index in [2.05, 4.69) is 15.3 Å². The summed E-state index contributed by atoms with van der Waals surface area (Å²) < 4.78 is 5.29. The molecule has 1 aromatic heterocycles. The van der Waals surface area contributed by atoms with E-state index < -0.39 is 0 Å². The number of nitrogens with one attached hydrogen (secondary N) is 1. The van der Waals surface area contributed by atoms with Crippen molar-refractivity contribution in [1.82, 2.24) is 9.97 Å². The molecular weight excluding hydrogens is 250 g/mol. The van der Waals surface area contributed by atoms with Crippen LogP contribution in [0.15, 0.2) is 36.8 Å². The zero-order valence-corrected chi connectivity index (χ0v) is 11.0. The predicted octanol–water partition coefficient (Wildman–Crippen LogP) is 3.58. The third-order valence-electron chi connectivity index (χ3n) is 2.64. The molecule has 2 rings (SSSR count). The van der Waals surface area contributed by atoms with Gasteiger partial charge in [-0.05, 0) is 24.6 Å². The van der Waals surface area contributed by atoms with Gasteiger partial charge in [-0.3, -0.25) is 0 Å². The van der Waals surface area contributed by atoms with Crippen LogP contribution in [-0.4, -0.2) is 17.1 Å². The first-order valence-corrected chi connectivity index (χ1v) is 5.94. The molecule has 4 nitrogen and oxygen atoms in total. The minimum absolute atomic E-state index is 0.0487. The van der Waals surface area contributed by atoms with E-state index in [1.165, 1.54) is 6.33 Å². The lowest BCUT2D eigenvalue weighted by atomic mass is 10.1. The minimum atomic E-state index is 0.0487. The molecule has 0 aliphatic rings. The first-order valence-electron chi connectivity index (χ1n) is 5.56. The van der Waals surface area contributed by atoms with Crippen molar-refractivity contribution in [2.75, 3.05) is 12.4 Å². The summed E-state index contributed by atoms with van der Waals surface area (Å²) in [6, 6.07) is 7.93. The molecule has 1 N–H and O–H groups in total. The molecule has 0 bridgehead atoms. The Labute approximate surface area is 111 Å². The molecule has 1 unspecified atom stereocenters. The summed E-state index contributed by atoms with van der Waals surface area (Å²) in [4.78, 5) is 7.93. The van der Waals surface area contributed by atoms with E-state index in [1.807, 2.05) is 31.2 Å². The van der Waals surface area contributed by atoms with Crippen LogP contribution in [-0.2, 0) is 4.74 Å². The topological polar surface area (TPSA) is 47.0 Å². The van der Waals surface area contributed by atoms with Crippen LogP contribution in [0.1, 0.15) is 18.6 Å². The lowest BCUT2D eigenvalue weighted by Gasteiger charge is -2.12. The molecule has 0 saturated heterocycles. The molecule has 0 amide bonds. The summed E-state index contributed by atoms with van der Waals surface area (Å²) in [6.45, 7) is 2.00. The molecule has 94 valence electrons. The average molecular weight is 264 g/mol. The highest BCUT2D eigenvalue weighted by molar-refractivity contribution is 6.32. The largest absolute Gasteiger partial charge is 0.377 e. The molecule has 0 aliphatic heterocycles. The lowest BCUT2D eigenvalue weighted by Crippen LogP contribution is -1.99. The third kappa shape index (κ3) is 2.97. The van der Waals surface area contributed by atoms with Gasteiger partial charge in [0.1, 0.15) is 11.3 Å². The van der Waals surface area contributed by atoms with Gasteiger partial charge in [0, 0.05) is 12.8 Å². The summed E-state index contributed by atoms with van der Waals surface area (Å²) >= 11 is 5.99. The highest BCUT2D eigenvalue weighted by Crippen LogP contribution is 2.24. The van der Waals surface area contributed by atoms with Gasteiger partial charge in [0.15, 0.2) is 5.82 Å². The van der Waals surface area contributed by atoms with Crippen LogP contribution in [0, 0.1) is 0 Å². The summed E-state index contributed by atoms with van der Waals surface area (Å²) in [7, 11) is 1.69. The second kappa shape index (κ2) is 5.80. The van der Waals surface area contributed by atoms with Crippen molar-refractivity contribution in [2.24, 2.45) is 0 Å². The molecular formula is C13H14ClN3O. The number of rotatable bonds is 4. The van der Waals surface area contributed by atoms with Crippen molar-refractivity contribution in [3.05, 3.63) is 47.4 Å². The molecule has 0 fully saturated rings. The van der Waals surface area contributed by atoms with Crippen molar-refractivity contribution in [2.45, 2.75) is 13.0 Å². The van der Waals surface area contributed by atoms with Crippen LogP contribution in [0.4, 0.5) is 11.5 Å². The Morgan fingerprint density at radius 1 is 1.39 bits per heavy atom. The number of hydrogen-bond acceptors (Lipinski definition) is 4. The molecule has 5 heteroatoms. The van der Waals surface area contributed by atoms with Gasteiger partial charge in [0.2, 0.25) is 0 Å². The van der Waals surface area contributed by atoms with Gasteiger partial charge in [-0.15, -0.1) is 0 Å². The van der Waals surface area contributed by atoms with Crippen molar-refractivity contribution < 1.29 is 4.74 Å². The van der Waals surface area contributed by atoms with Crippen molar-refractivity contribution >= 4 is 23.1 Å². The zero-order valence-electron chi connectivity index (χ0n) is 10.2. The number of halogens is 1. The molecule has 0 spiro atoms. The van der Waals surface area contributed by atoms with Crippen LogP contribution in [0.2, 0.25) is 5.02 Å². The van der Waals surface area contributed by atoms with Gasteiger partial charge in [0.25, 0.3) is 0 Å². The maximum Gasteiger partial charge on any atom is 0.152 e. The number of hydrogen-bond donors (Lipinski definition) is 1. The standard InChI is InChI=1S/C13H14ClN3O/c1-9(18-2)10-4-3-5-11(6-10)17-13-12(14)7-15-8-16-13/h3-9H,1-2H3,(H,15,16,17). The molecule has 1 atom stereocenters. The van der Waals surface area contributed by atoms with Gasteiger partial charge in [0.05, 0.1) is 12.3 Å². The zero-order chi connectivity index (χ0) is 13.0. The predicted molar refractivity (Wildman–Crippen MR) is 72.2 cm³/mol. The number of ether oxygens (including phenoxy) is 1. The summed E-state index contributed by atoms with van der Waals surface area (Å²) in [6.07, 6.45) is 3.06. The summed E-state index contributed by atoms with van der Waals surface area (Å²) in [5.74, 6) is 0.592. The fourth-order valence-electron chi connectivity index (χ4n) is 1.55. The van der Waals surface area contributed by atoms with Gasteiger partial charge >= 0.3 is 0 Å². The first-order chi connectivity index (χ1) is 8.70. The number of nitrogens with zero attached hydrogens (tertiary/aromatic N) is 2. The second-order valence-corrected chi connectivity index (χ2v) is 4.25. The van der Waals surface area contributed by atoms with Crippen molar-refractivity contribution in [3.63, 3.8) is 0 Å². The fraction of sp³-hybridized carbons (Fsp3) is 0.231. The molecule has 2 aromatic rings. The Morgan fingerprint density at radius 2 is 2.22 bits per heavy atom. The van der Waals surface area contributed by atoms with E-state index >= 15 is 0 Å². The minimum Gasteiger partial charge on any atom is -0.377 e. The van der Waals surface area contributed by atoms with E-state index in [0.717, 1.165) is 11.3 Å². The van der Waals surface area contributed by atoms with Gasteiger partial charge < -0.3 is 10.1 Å². The monoisotopic (exact) mass is 263 g/mol. The van der Waals surface area contributed by atoms with E-state index in [-0.39, 0.29) is 6.10 Å². The molecule has 0 saturated carbocycles. The third-order valence-corrected chi connectivity index (χ3v) is 2.92. The van der Waals surface area contributed by atoms with Crippen molar-refractivity contribution in [1.29, 1.82) is 0 Å². The summed E-state index contributed by atoms with van der Waals surface area (Å²) in [5.41, 5.74) is 2.00. The van der Waals surface area contributed by atoms with Gasteiger partial charge in [-0.2, -0.15) is 0 Å². The van der Waals surface area contributed by atoms with Crippen LogP contribution in [0.25, 0.3) is 0 Å². The molecule has 1 heterocycles. The van der Waals surface area contributed by atoms with Crippen LogP contribution < -0.4 is 5.32 Å². The Morgan fingerprint density at radius 3 is 2.94 bits per heavy atom. The maximum absolute atomic E-state index is 5.99. The highest BCUT2D eigenvalue weighted by Gasteiger charge is 2.06. The smallest absolute Gasteiger partial charge is 0.152 e. The quantitative estimate of drug-likeness (QED) is 0.916. The lowest BCUT2D eigenvalue weighted by molar-refractivity contribution is 0.119. The number of anilines is 2. The highest BCUT2D eigenvalue weighted by atomic mass is 35.5. The molecule has 1 aromatic carbocycles. The normalized spacial score (nSPS) is 12.2. The SMILES string of the molecule is COC(C)c1cccc(Nc2ncncc2Cl)c1. The van der Waals surface area contributed by atoms with E-state index in [4.69, 9.17) is 16.3 Å².